The lowest BCUT2D eigenvalue weighted by molar-refractivity contribution is -0.150. The summed E-state index contributed by atoms with van der Waals surface area (Å²) in [6.07, 6.45) is 0.994. The fourth-order valence-corrected chi connectivity index (χ4v) is 2.69. The highest BCUT2D eigenvalue weighted by molar-refractivity contribution is 5.93. The molecule has 2 amide bonds. The Morgan fingerprint density at radius 1 is 1.29 bits per heavy atom. The van der Waals surface area contributed by atoms with Crippen molar-refractivity contribution in [2.45, 2.75) is 57.7 Å². The van der Waals surface area contributed by atoms with E-state index >= 15 is 0 Å². The Bertz CT molecular complexity index is 509. The van der Waals surface area contributed by atoms with Crippen LogP contribution in [0.15, 0.2) is 0 Å². The summed E-state index contributed by atoms with van der Waals surface area (Å²) in [5, 5.41) is 20.4. The average molecular weight is 343 g/mol. The van der Waals surface area contributed by atoms with Gasteiger partial charge in [-0.25, -0.2) is 4.79 Å². The zero-order valence-corrected chi connectivity index (χ0v) is 13.9. The minimum absolute atomic E-state index is 0.242. The molecule has 1 heterocycles. The molecule has 4 atom stereocenters. The molecule has 0 radical (unpaired) electrons. The van der Waals surface area contributed by atoms with Gasteiger partial charge in [0.25, 0.3) is 0 Å². The number of carboxylic acid groups (broad SMARTS) is 2. The van der Waals surface area contributed by atoms with Gasteiger partial charge in [0.2, 0.25) is 11.8 Å². The van der Waals surface area contributed by atoms with Crippen molar-refractivity contribution < 1.29 is 29.4 Å². The van der Waals surface area contributed by atoms with Crippen molar-refractivity contribution in [2.75, 3.05) is 6.54 Å². The Morgan fingerprint density at radius 3 is 2.42 bits per heavy atom. The maximum Gasteiger partial charge on any atom is 0.326 e. The smallest absolute Gasteiger partial charge is 0.326 e. The van der Waals surface area contributed by atoms with Crippen LogP contribution in [0.4, 0.5) is 0 Å². The number of hydrogen-bond donors (Lipinski definition) is 4. The number of nitrogens with zero attached hydrogens (tertiary/aromatic N) is 1. The molecule has 1 aliphatic rings. The number of amides is 2. The minimum atomic E-state index is -1.27. The highest BCUT2D eigenvalue weighted by Crippen LogP contribution is 2.21. The third kappa shape index (κ3) is 4.92. The van der Waals surface area contributed by atoms with Crippen LogP contribution >= 0.6 is 0 Å². The van der Waals surface area contributed by atoms with Gasteiger partial charge >= 0.3 is 11.9 Å². The highest BCUT2D eigenvalue weighted by atomic mass is 16.4. The Morgan fingerprint density at radius 2 is 1.92 bits per heavy atom. The van der Waals surface area contributed by atoms with Crippen molar-refractivity contribution >= 4 is 23.8 Å². The molecule has 24 heavy (non-hydrogen) atoms. The van der Waals surface area contributed by atoms with Gasteiger partial charge in [0.15, 0.2) is 0 Å². The van der Waals surface area contributed by atoms with Crippen LogP contribution in [0.5, 0.6) is 0 Å². The third-order valence-corrected chi connectivity index (χ3v) is 4.33. The van der Waals surface area contributed by atoms with Crippen molar-refractivity contribution in [1.29, 1.82) is 0 Å². The zero-order chi connectivity index (χ0) is 18.4. The van der Waals surface area contributed by atoms with Crippen molar-refractivity contribution in [3.63, 3.8) is 0 Å². The first kappa shape index (κ1) is 19.9. The number of nitrogens with one attached hydrogen (secondary N) is 1. The zero-order valence-electron chi connectivity index (χ0n) is 13.9. The molecule has 0 aliphatic carbocycles. The number of carbonyl (C=O) groups excluding carboxylic acids is 2. The van der Waals surface area contributed by atoms with Gasteiger partial charge in [-0.1, -0.05) is 20.3 Å². The molecular weight excluding hydrogens is 318 g/mol. The molecule has 0 unspecified atom stereocenters. The van der Waals surface area contributed by atoms with Gasteiger partial charge in [0, 0.05) is 6.54 Å². The second kappa shape index (κ2) is 8.62. The quantitative estimate of drug-likeness (QED) is 0.459. The second-order valence-electron chi connectivity index (χ2n) is 6.10. The lowest BCUT2D eigenvalue weighted by atomic mass is 9.97. The van der Waals surface area contributed by atoms with Crippen LogP contribution in [0.25, 0.3) is 0 Å². The van der Waals surface area contributed by atoms with Crippen LogP contribution in [0, 0.1) is 5.92 Å². The fraction of sp³-hybridized carbons (Fsp3) is 0.733. The number of hydrogen-bond acceptors (Lipinski definition) is 5. The van der Waals surface area contributed by atoms with Crippen molar-refractivity contribution in [3.05, 3.63) is 0 Å². The first-order valence-electron chi connectivity index (χ1n) is 8.00. The maximum atomic E-state index is 12.7. The molecule has 0 bridgehead atoms. The second-order valence-corrected chi connectivity index (χ2v) is 6.10. The summed E-state index contributed by atoms with van der Waals surface area (Å²) < 4.78 is 0. The van der Waals surface area contributed by atoms with Crippen molar-refractivity contribution in [3.8, 4) is 0 Å². The number of carboxylic acids is 2. The first-order chi connectivity index (χ1) is 11.2. The molecule has 1 rings (SSSR count). The molecule has 0 saturated carbocycles. The standard InChI is InChI=1S/C15H25N3O6/c1-3-8(2)12(17-13(21)9(16)7-11(19)20)14(22)18-6-4-5-10(18)15(23)24/h8-10,12H,3-7,16H2,1-2H3,(H,17,21)(H,19,20)(H,23,24)/t8-,9-,10+,12-/m0/s1. The molecule has 0 spiro atoms. The van der Waals surface area contributed by atoms with Crippen LogP contribution in [0.3, 0.4) is 0 Å². The van der Waals surface area contributed by atoms with Gasteiger partial charge in [-0.2, -0.15) is 0 Å². The Kier molecular flexibility index (Phi) is 7.15. The van der Waals surface area contributed by atoms with E-state index in [9.17, 15) is 24.3 Å². The van der Waals surface area contributed by atoms with Gasteiger partial charge in [-0.05, 0) is 18.8 Å². The van der Waals surface area contributed by atoms with Gasteiger partial charge in [0.1, 0.15) is 12.1 Å². The van der Waals surface area contributed by atoms with Gasteiger partial charge in [0.05, 0.1) is 12.5 Å². The van der Waals surface area contributed by atoms with E-state index < -0.39 is 48.3 Å². The molecule has 9 heteroatoms. The predicted molar refractivity (Wildman–Crippen MR) is 84.0 cm³/mol. The number of likely N-dealkylation sites (tertiary alicyclic amines) is 1. The Hall–Kier alpha value is -2.16. The van der Waals surface area contributed by atoms with E-state index in [4.69, 9.17) is 10.8 Å². The van der Waals surface area contributed by atoms with Gasteiger partial charge in [-0.3, -0.25) is 14.4 Å². The first-order valence-corrected chi connectivity index (χ1v) is 8.00. The summed E-state index contributed by atoms with van der Waals surface area (Å²) in [4.78, 5) is 48.0. The van der Waals surface area contributed by atoms with E-state index in [1.165, 1.54) is 4.90 Å². The largest absolute Gasteiger partial charge is 0.481 e. The van der Waals surface area contributed by atoms with Crippen LogP contribution in [-0.2, 0) is 19.2 Å². The van der Waals surface area contributed by atoms with Crippen LogP contribution in [0.1, 0.15) is 39.5 Å². The van der Waals surface area contributed by atoms with E-state index in [1.54, 1.807) is 6.92 Å². The van der Waals surface area contributed by atoms with Crippen LogP contribution < -0.4 is 11.1 Å². The molecule has 0 aromatic rings. The molecular formula is C15H25N3O6. The summed E-state index contributed by atoms with van der Waals surface area (Å²) >= 11 is 0. The average Bonchev–Trinajstić information content (AvgIpc) is 3.00. The van der Waals surface area contributed by atoms with Gasteiger partial charge < -0.3 is 26.2 Å². The number of nitrogens with two attached hydrogens (primary N) is 1. The Labute approximate surface area is 140 Å². The topological polar surface area (TPSA) is 150 Å². The predicted octanol–water partition coefficient (Wildman–Crippen LogP) is -0.605. The molecule has 5 N–H and O–H groups in total. The van der Waals surface area contributed by atoms with Crippen molar-refractivity contribution in [1.82, 2.24) is 10.2 Å². The summed E-state index contributed by atoms with van der Waals surface area (Å²) in [7, 11) is 0. The SMILES string of the molecule is CC[C@H](C)[C@H](NC(=O)[C@@H](N)CC(=O)O)C(=O)N1CCC[C@@H]1C(=O)O. The third-order valence-electron chi connectivity index (χ3n) is 4.33. The minimum Gasteiger partial charge on any atom is -0.481 e. The fourth-order valence-electron chi connectivity index (χ4n) is 2.69. The van der Waals surface area contributed by atoms with E-state index in [-0.39, 0.29) is 5.92 Å². The summed E-state index contributed by atoms with van der Waals surface area (Å²) in [6, 6.07) is -3.09. The molecule has 0 aromatic carbocycles. The van der Waals surface area contributed by atoms with Crippen LogP contribution in [-0.4, -0.2) is 63.5 Å². The summed E-state index contributed by atoms with van der Waals surface area (Å²) in [5.41, 5.74) is 5.53. The number of aliphatic carboxylic acids is 2. The van der Waals surface area contributed by atoms with E-state index in [0.717, 1.165) is 0 Å². The normalized spacial score (nSPS) is 21.0. The molecule has 0 aromatic heterocycles. The lowest BCUT2D eigenvalue weighted by Crippen LogP contribution is -2.56. The van der Waals surface area contributed by atoms with E-state index in [2.05, 4.69) is 5.32 Å². The molecule has 1 saturated heterocycles. The molecule has 136 valence electrons. The Balaban J connectivity index is 2.88. The summed E-state index contributed by atoms with van der Waals surface area (Å²) in [5.74, 6) is -3.73. The molecule has 9 nitrogen and oxygen atoms in total. The lowest BCUT2D eigenvalue weighted by Gasteiger charge is -2.30. The number of rotatable bonds is 8. The van der Waals surface area contributed by atoms with Crippen molar-refractivity contribution in [2.24, 2.45) is 11.7 Å². The number of carbonyl (C=O) groups is 4. The highest BCUT2D eigenvalue weighted by Gasteiger charge is 2.39. The molecule has 1 fully saturated rings. The van der Waals surface area contributed by atoms with E-state index in [0.29, 0.717) is 25.8 Å². The monoisotopic (exact) mass is 343 g/mol. The summed E-state index contributed by atoms with van der Waals surface area (Å²) in [6.45, 7) is 3.92. The van der Waals surface area contributed by atoms with Gasteiger partial charge in [-0.15, -0.1) is 0 Å². The maximum absolute atomic E-state index is 12.7. The molecule has 1 aliphatic heterocycles. The van der Waals surface area contributed by atoms with E-state index in [1.807, 2.05) is 6.92 Å². The van der Waals surface area contributed by atoms with Crippen LogP contribution in [0.2, 0.25) is 0 Å².